The number of esters is 2. The molecule has 0 amide bonds. The van der Waals surface area contributed by atoms with Crippen LogP contribution in [-0.2, 0) is 32.7 Å². The quantitative estimate of drug-likeness (QED) is 0.0211. The van der Waals surface area contributed by atoms with Gasteiger partial charge in [-0.05, 0) is 44.9 Å². The van der Waals surface area contributed by atoms with E-state index in [1.165, 1.54) is 205 Å². The van der Waals surface area contributed by atoms with Crippen LogP contribution < -0.4 is 0 Å². The predicted octanol–water partition coefficient (Wildman–Crippen LogP) is 19.5. The third kappa shape index (κ3) is 59.3. The number of phosphoric acid groups is 1. The first kappa shape index (κ1) is 71.2. The molecule has 0 aromatic rings. The largest absolute Gasteiger partial charge is 0.472 e. The van der Waals surface area contributed by atoms with E-state index in [4.69, 9.17) is 18.5 Å². The average molecular weight is 1050 g/mol. The van der Waals surface area contributed by atoms with Gasteiger partial charge in [0.1, 0.15) is 19.8 Å². The van der Waals surface area contributed by atoms with Crippen molar-refractivity contribution in [1.82, 2.24) is 0 Å². The number of unbranched alkanes of at least 4 members (excludes halogenated alkanes) is 38. The second kappa shape index (κ2) is 55.0. The molecular weight excluding hydrogens is 930 g/mol. The van der Waals surface area contributed by atoms with Crippen molar-refractivity contribution in [3.8, 4) is 0 Å². The lowest BCUT2D eigenvalue weighted by molar-refractivity contribution is -0.870. The molecule has 73 heavy (non-hydrogen) atoms. The van der Waals surface area contributed by atoms with Crippen LogP contribution in [0.2, 0.25) is 0 Å². The van der Waals surface area contributed by atoms with Crippen LogP contribution in [0.1, 0.15) is 303 Å². The van der Waals surface area contributed by atoms with E-state index in [1.807, 2.05) is 21.1 Å². The van der Waals surface area contributed by atoms with Crippen LogP contribution in [0.4, 0.5) is 0 Å². The monoisotopic (exact) mass is 1050 g/mol. The molecule has 0 aromatic heterocycles. The number of nitrogens with zero attached hydrogens (tertiary/aromatic N) is 1. The highest BCUT2D eigenvalue weighted by Gasteiger charge is 2.27. The molecule has 0 saturated heterocycles. The number of phosphoric ester groups is 1. The minimum atomic E-state index is -4.39. The van der Waals surface area contributed by atoms with E-state index < -0.39 is 26.5 Å². The van der Waals surface area contributed by atoms with Gasteiger partial charge in [-0.15, -0.1) is 0 Å². The Hall–Kier alpha value is -1.77. The normalized spacial score (nSPS) is 13.5. The minimum Gasteiger partial charge on any atom is -0.462 e. The van der Waals surface area contributed by atoms with Crippen LogP contribution in [0.3, 0.4) is 0 Å². The lowest BCUT2D eigenvalue weighted by atomic mass is 10.0. The zero-order valence-electron chi connectivity index (χ0n) is 48.9. The highest BCUT2D eigenvalue weighted by molar-refractivity contribution is 7.47. The molecule has 430 valence electrons. The Morgan fingerprint density at radius 2 is 0.781 bits per heavy atom. The first-order valence-corrected chi connectivity index (χ1v) is 32.7. The van der Waals surface area contributed by atoms with Crippen molar-refractivity contribution >= 4 is 19.8 Å². The van der Waals surface area contributed by atoms with Crippen molar-refractivity contribution in [3.05, 3.63) is 36.5 Å². The first-order valence-electron chi connectivity index (χ1n) is 31.2. The molecule has 10 heteroatoms. The summed E-state index contributed by atoms with van der Waals surface area (Å²) >= 11 is 0. The molecule has 0 aromatic carbocycles. The molecule has 0 aliphatic rings. The van der Waals surface area contributed by atoms with Crippen LogP contribution in [0, 0.1) is 0 Å². The number of carbonyl (C=O) groups is 2. The Morgan fingerprint density at radius 1 is 0.438 bits per heavy atom. The summed E-state index contributed by atoms with van der Waals surface area (Å²) < 4.78 is 34.6. The van der Waals surface area contributed by atoms with Gasteiger partial charge in [-0.3, -0.25) is 18.6 Å². The van der Waals surface area contributed by atoms with Gasteiger partial charge < -0.3 is 18.9 Å². The van der Waals surface area contributed by atoms with Gasteiger partial charge in [0.2, 0.25) is 0 Å². The average Bonchev–Trinajstić information content (AvgIpc) is 3.35. The second-order valence-corrected chi connectivity index (χ2v) is 23.9. The third-order valence-corrected chi connectivity index (χ3v) is 14.9. The Labute approximate surface area is 452 Å². The number of hydrogen-bond acceptors (Lipinski definition) is 7. The molecule has 0 aliphatic carbocycles. The summed E-state index contributed by atoms with van der Waals surface area (Å²) in [5.74, 6) is -0.795. The summed E-state index contributed by atoms with van der Waals surface area (Å²) in [6.07, 6.45) is 68.2. The molecule has 0 fully saturated rings. The maximum atomic E-state index is 12.8. The predicted molar refractivity (Wildman–Crippen MR) is 312 cm³/mol. The maximum absolute atomic E-state index is 12.8. The second-order valence-electron chi connectivity index (χ2n) is 22.4. The fourth-order valence-electron chi connectivity index (χ4n) is 9.15. The molecule has 0 bridgehead atoms. The topological polar surface area (TPSA) is 108 Å². The number of rotatable bonds is 58. The molecule has 2 unspecified atom stereocenters. The lowest BCUT2D eigenvalue weighted by Crippen LogP contribution is -2.37. The molecule has 9 nitrogen and oxygen atoms in total. The van der Waals surface area contributed by atoms with Crippen LogP contribution in [0.15, 0.2) is 36.5 Å². The molecule has 0 radical (unpaired) electrons. The van der Waals surface area contributed by atoms with E-state index in [-0.39, 0.29) is 25.6 Å². The van der Waals surface area contributed by atoms with Crippen LogP contribution in [0.25, 0.3) is 0 Å². The summed E-state index contributed by atoms with van der Waals surface area (Å²) in [5.41, 5.74) is 0. The standard InChI is InChI=1S/C63H120NO8P/c1-6-8-10-12-14-16-18-20-22-24-25-26-27-28-29-30-31-32-33-34-35-36-37-38-40-41-43-45-47-49-51-53-55-62(65)69-59-61(60-71-73(67,68)70-58-57-64(3,4)5)72-63(66)56-54-52-50-48-46-44-42-39-23-21-19-17-15-13-11-9-7-2/h9,11,15,17,21,23,61H,6-8,10,12-14,16,18-20,22,24-60H2,1-5H3/p+1/b11-9-,17-15-,23-21-. The van der Waals surface area contributed by atoms with Crippen molar-refractivity contribution < 1.29 is 42.1 Å². The van der Waals surface area contributed by atoms with Gasteiger partial charge in [-0.2, -0.15) is 0 Å². The van der Waals surface area contributed by atoms with Crippen molar-refractivity contribution in [2.45, 2.75) is 309 Å². The van der Waals surface area contributed by atoms with Crippen LogP contribution >= 0.6 is 7.82 Å². The van der Waals surface area contributed by atoms with Gasteiger partial charge in [-0.1, -0.05) is 281 Å². The molecular formula is C63H121NO8P+. The van der Waals surface area contributed by atoms with E-state index in [2.05, 4.69) is 50.3 Å². The van der Waals surface area contributed by atoms with Crippen molar-refractivity contribution in [2.75, 3.05) is 47.5 Å². The molecule has 0 spiro atoms. The van der Waals surface area contributed by atoms with E-state index >= 15 is 0 Å². The highest BCUT2D eigenvalue weighted by atomic mass is 31.2. The Bertz CT molecular complexity index is 1330. The molecule has 1 N–H and O–H groups in total. The first-order chi connectivity index (χ1) is 35.5. The number of ether oxygens (including phenoxy) is 2. The van der Waals surface area contributed by atoms with Crippen molar-refractivity contribution in [1.29, 1.82) is 0 Å². The van der Waals surface area contributed by atoms with Gasteiger partial charge in [0.05, 0.1) is 27.7 Å². The number of quaternary nitrogens is 1. The van der Waals surface area contributed by atoms with Gasteiger partial charge in [0.15, 0.2) is 6.10 Å². The van der Waals surface area contributed by atoms with Gasteiger partial charge >= 0.3 is 19.8 Å². The van der Waals surface area contributed by atoms with Gasteiger partial charge in [0, 0.05) is 12.8 Å². The maximum Gasteiger partial charge on any atom is 0.472 e. The molecule has 0 heterocycles. The molecule has 0 aliphatic heterocycles. The Balaban J connectivity index is 3.98. The van der Waals surface area contributed by atoms with Crippen LogP contribution in [0.5, 0.6) is 0 Å². The van der Waals surface area contributed by atoms with Gasteiger partial charge in [-0.25, -0.2) is 4.57 Å². The number of hydrogen-bond donors (Lipinski definition) is 1. The molecule has 0 saturated carbocycles. The summed E-state index contributed by atoms with van der Waals surface area (Å²) in [7, 11) is 1.48. The van der Waals surface area contributed by atoms with Crippen molar-refractivity contribution in [2.24, 2.45) is 0 Å². The minimum absolute atomic E-state index is 0.0307. The number of likely N-dealkylation sites (N-methyl/N-ethyl adjacent to an activating group) is 1. The highest BCUT2D eigenvalue weighted by Crippen LogP contribution is 2.43. The summed E-state index contributed by atoms with van der Waals surface area (Å²) in [6, 6.07) is 0. The summed E-state index contributed by atoms with van der Waals surface area (Å²) in [4.78, 5) is 35.7. The third-order valence-electron chi connectivity index (χ3n) is 13.9. The summed E-state index contributed by atoms with van der Waals surface area (Å²) in [5, 5.41) is 0. The smallest absolute Gasteiger partial charge is 0.462 e. The van der Waals surface area contributed by atoms with E-state index in [0.29, 0.717) is 23.9 Å². The van der Waals surface area contributed by atoms with Crippen molar-refractivity contribution in [3.63, 3.8) is 0 Å². The zero-order chi connectivity index (χ0) is 53.5. The fraction of sp³-hybridized carbons (Fsp3) is 0.873. The van der Waals surface area contributed by atoms with E-state index in [9.17, 15) is 19.0 Å². The fourth-order valence-corrected chi connectivity index (χ4v) is 9.89. The molecule has 2 atom stereocenters. The number of carbonyl (C=O) groups excluding carboxylic acids is 2. The van der Waals surface area contributed by atoms with Gasteiger partial charge in [0.25, 0.3) is 0 Å². The van der Waals surface area contributed by atoms with Crippen LogP contribution in [-0.4, -0.2) is 74.9 Å². The van der Waals surface area contributed by atoms with E-state index in [0.717, 1.165) is 64.2 Å². The SMILES string of the molecule is CC/C=C\C/C=C\C/C=C\CCCCCCCCCC(=O)OC(COC(=O)CCCCCCCCCCCCCCCCCCCCCCCCCCCCCCCCCC)COP(=O)(O)OCC[N+](C)(C)C. The number of allylic oxidation sites excluding steroid dienone is 6. The Morgan fingerprint density at radius 3 is 1.16 bits per heavy atom. The zero-order valence-corrected chi connectivity index (χ0v) is 49.8. The molecule has 0 rings (SSSR count). The Kier molecular flexibility index (Phi) is 53.7. The lowest BCUT2D eigenvalue weighted by Gasteiger charge is -2.24. The van der Waals surface area contributed by atoms with E-state index in [1.54, 1.807) is 0 Å². The summed E-state index contributed by atoms with van der Waals surface area (Å²) in [6.45, 7) is 4.36.